The standard InChI is InChI=1S/C25H27N5O3/c31-25(21-8-4-5-9-22(21)33-20-6-2-1-3-7-20)30-14-12-28(13-15-30)23-10-11-24(27-26-23)29-16-18-32-19-17-29/h1-11H,12-19H2. The molecule has 2 aliphatic heterocycles. The SMILES string of the molecule is O=C(c1ccccc1Oc1ccccc1)N1CCN(c2ccc(N3CCOCC3)nn2)CC1. The number of hydrogen-bond donors (Lipinski definition) is 0. The molecule has 170 valence electrons. The van der Waals surface area contributed by atoms with Gasteiger partial charge in [-0.2, -0.15) is 0 Å². The maximum Gasteiger partial charge on any atom is 0.257 e. The zero-order chi connectivity index (χ0) is 22.5. The van der Waals surface area contributed by atoms with E-state index in [1.807, 2.05) is 71.6 Å². The van der Waals surface area contributed by atoms with Crippen LogP contribution in [0.4, 0.5) is 11.6 Å². The van der Waals surface area contributed by atoms with E-state index in [9.17, 15) is 4.79 Å². The Labute approximate surface area is 193 Å². The number of morpholine rings is 1. The summed E-state index contributed by atoms with van der Waals surface area (Å²) in [6.07, 6.45) is 0. The number of hydrogen-bond acceptors (Lipinski definition) is 7. The first-order valence-corrected chi connectivity index (χ1v) is 11.3. The van der Waals surface area contributed by atoms with Crippen LogP contribution in [0.1, 0.15) is 10.4 Å². The van der Waals surface area contributed by atoms with Crippen molar-refractivity contribution in [1.82, 2.24) is 15.1 Å². The number of piperazine rings is 1. The summed E-state index contributed by atoms with van der Waals surface area (Å²) in [5.74, 6) is 2.98. The smallest absolute Gasteiger partial charge is 0.257 e. The van der Waals surface area contributed by atoms with E-state index >= 15 is 0 Å². The Hall–Kier alpha value is -3.65. The van der Waals surface area contributed by atoms with E-state index in [1.165, 1.54) is 0 Å². The van der Waals surface area contributed by atoms with Gasteiger partial charge in [-0.05, 0) is 36.4 Å². The van der Waals surface area contributed by atoms with E-state index in [0.717, 1.165) is 37.9 Å². The van der Waals surface area contributed by atoms with Crippen molar-refractivity contribution in [1.29, 1.82) is 0 Å². The van der Waals surface area contributed by atoms with Crippen LogP contribution in [-0.2, 0) is 4.74 Å². The minimum atomic E-state index is -0.0186. The van der Waals surface area contributed by atoms with Crippen LogP contribution < -0.4 is 14.5 Å². The lowest BCUT2D eigenvalue weighted by atomic mass is 10.1. The normalized spacial score (nSPS) is 16.5. The van der Waals surface area contributed by atoms with Crippen molar-refractivity contribution in [2.45, 2.75) is 0 Å². The topological polar surface area (TPSA) is 71.0 Å². The Balaban J connectivity index is 1.21. The highest BCUT2D eigenvalue weighted by Gasteiger charge is 2.25. The summed E-state index contributed by atoms with van der Waals surface area (Å²) < 4.78 is 11.4. The van der Waals surface area contributed by atoms with Crippen LogP contribution in [0.25, 0.3) is 0 Å². The second-order valence-corrected chi connectivity index (χ2v) is 8.04. The summed E-state index contributed by atoms with van der Waals surface area (Å²) >= 11 is 0. The molecular formula is C25H27N5O3. The number of carbonyl (C=O) groups is 1. The molecule has 0 bridgehead atoms. The van der Waals surface area contributed by atoms with E-state index in [4.69, 9.17) is 9.47 Å². The molecule has 2 aromatic carbocycles. The van der Waals surface area contributed by atoms with Crippen molar-refractivity contribution < 1.29 is 14.3 Å². The van der Waals surface area contributed by atoms with Crippen molar-refractivity contribution >= 4 is 17.5 Å². The van der Waals surface area contributed by atoms with Crippen molar-refractivity contribution in [3.05, 3.63) is 72.3 Å². The molecule has 0 unspecified atom stereocenters. The van der Waals surface area contributed by atoms with E-state index in [0.29, 0.717) is 43.2 Å². The number of nitrogens with zero attached hydrogens (tertiary/aromatic N) is 5. The highest BCUT2D eigenvalue weighted by atomic mass is 16.5. The van der Waals surface area contributed by atoms with E-state index in [-0.39, 0.29) is 5.91 Å². The van der Waals surface area contributed by atoms with Gasteiger partial charge < -0.3 is 24.2 Å². The van der Waals surface area contributed by atoms with Gasteiger partial charge >= 0.3 is 0 Å². The second kappa shape index (κ2) is 9.87. The quantitative estimate of drug-likeness (QED) is 0.598. The number of benzene rings is 2. The van der Waals surface area contributed by atoms with E-state index in [2.05, 4.69) is 20.0 Å². The summed E-state index contributed by atoms with van der Waals surface area (Å²) in [5.41, 5.74) is 0.574. The molecular weight excluding hydrogens is 418 g/mol. The Morgan fingerprint density at radius 3 is 2.00 bits per heavy atom. The number of ether oxygens (including phenoxy) is 2. The third kappa shape index (κ3) is 4.90. The first-order chi connectivity index (χ1) is 16.3. The van der Waals surface area contributed by atoms with Crippen LogP contribution in [-0.4, -0.2) is 73.5 Å². The fourth-order valence-electron chi connectivity index (χ4n) is 4.10. The molecule has 1 amide bonds. The van der Waals surface area contributed by atoms with Gasteiger partial charge in [0, 0.05) is 39.3 Å². The monoisotopic (exact) mass is 445 g/mol. The summed E-state index contributed by atoms with van der Waals surface area (Å²) in [4.78, 5) is 19.5. The Morgan fingerprint density at radius 1 is 0.727 bits per heavy atom. The van der Waals surface area contributed by atoms with E-state index < -0.39 is 0 Å². The Kier molecular flexibility index (Phi) is 6.34. The van der Waals surface area contributed by atoms with Gasteiger partial charge in [0.05, 0.1) is 18.8 Å². The summed E-state index contributed by atoms with van der Waals surface area (Å²) in [6, 6.07) is 21.0. The number of anilines is 2. The zero-order valence-electron chi connectivity index (χ0n) is 18.5. The third-order valence-corrected chi connectivity index (χ3v) is 5.95. The van der Waals surface area contributed by atoms with Gasteiger partial charge in [0.2, 0.25) is 0 Å². The maximum atomic E-state index is 13.3. The Bertz CT molecular complexity index is 1060. The maximum absolute atomic E-state index is 13.3. The van der Waals surface area contributed by atoms with Crippen LogP contribution in [0.15, 0.2) is 66.7 Å². The molecule has 0 spiro atoms. The molecule has 3 aromatic rings. The van der Waals surface area contributed by atoms with Crippen LogP contribution in [0.3, 0.4) is 0 Å². The van der Waals surface area contributed by atoms with Crippen LogP contribution >= 0.6 is 0 Å². The van der Waals surface area contributed by atoms with E-state index in [1.54, 1.807) is 0 Å². The molecule has 0 N–H and O–H groups in total. The second-order valence-electron chi connectivity index (χ2n) is 8.04. The minimum absolute atomic E-state index is 0.0186. The van der Waals surface area contributed by atoms with Crippen molar-refractivity contribution in [3.63, 3.8) is 0 Å². The van der Waals surface area contributed by atoms with Gasteiger partial charge in [-0.25, -0.2) is 0 Å². The number of rotatable bonds is 5. The summed E-state index contributed by atoms with van der Waals surface area (Å²) in [5, 5.41) is 8.85. The molecule has 3 heterocycles. The van der Waals surface area contributed by atoms with Gasteiger partial charge in [0.1, 0.15) is 11.5 Å². The van der Waals surface area contributed by atoms with Crippen LogP contribution in [0.5, 0.6) is 11.5 Å². The van der Waals surface area contributed by atoms with Gasteiger partial charge in [0.15, 0.2) is 11.6 Å². The fraction of sp³-hybridized carbons (Fsp3) is 0.320. The predicted octanol–water partition coefficient (Wildman–Crippen LogP) is 3.07. The lowest BCUT2D eigenvalue weighted by Crippen LogP contribution is -2.49. The molecule has 33 heavy (non-hydrogen) atoms. The molecule has 2 saturated heterocycles. The Morgan fingerprint density at radius 2 is 1.33 bits per heavy atom. The average molecular weight is 446 g/mol. The zero-order valence-corrected chi connectivity index (χ0v) is 18.5. The third-order valence-electron chi connectivity index (χ3n) is 5.95. The molecule has 0 aliphatic carbocycles. The van der Waals surface area contributed by atoms with Crippen molar-refractivity contribution in [2.75, 3.05) is 62.3 Å². The van der Waals surface area contributed by atoms with Gasteiger partial charge in [-0.15, -0.1) is 10.2 Å². The molecule has 0 radical (unpaired) electrons. The number of amides is 1. The molecule has 1 aromatic heterocycles. The predicted molar refractivity (Wildman–Crippen MR) is 126 cm³/mol. The first kappa shape index (κ1) is 21.2. The van der Waals surface area contributed by atoms with Gasteiger partial charge in [-0.1, -0.05) is 30.3 Å². The highest BCUT2D eigenvalue weighted by molar-refractivity contribution is 5.97. The molecule has 8 heteroatoms. The largest absolute Gasteiger partial charge is 0.457 e. The molecule has 8 nitrogen and oxygen atoms in total. The molecule has 0 atom stereocenters. The number of aromatic nitrogens is 2. The van der Waals surface area contributed by atoms with Gasteiger partial charge in [-0.3, -0.25) is 4.79 Å². The molecule has 2 fully saturated rings. The first-order valence-electron chi connectivity index (χ1n) is 11.3. The van der Waals surface area contributed by atoms with Crippen molar-refractivity contribution in [2.24, 2.45) is 0 Å². The van der Waals surface area contributed by atoms with Gasteiger partial charge in [0.25, 0.3) is 5.91 Å². The van der Waals surface area contributed by atoms with Crippen molar-refractivity contribution in [3.8, 4) is 11.5 Å². The van der Waals surface area contributed by atoms with Crippen LogP contribution in [0, 0.1) is 0 Å². The summed E-state index contributed by atoms with van der Waals surface area (Å²) in [6.45, 7) is 5.77. The molecule has 5 rings (SSSR count). The number of carbonyl (C=O) groups excluding carboxylic acids is 1. The lowest BCUT2D eigenvalue weighted by Gasteiger charge is -2.35. The average Bonchev–Trinajstić information content (AvgIpc) is 2.90. The number of para-hydroxylation sites is 2. The highest BCUT2D eigenvalue weighted by Crippen LogP contribution is 2.27. The minimum Gasteiger partial charge on any atom is -0.457 e. The summed E-state index contributed by atoms with van der Waals surface area (Å²) in [7, 11) is 0. The molecule has 0 saturated carbocycles. The lowest BCUT2D eigenvalue weighted by molar-refractivity contribution is 0.0744. The molecule has 2 aliphatic rings. The fourth-order valence-corrected chi connectivity index (χ4v) is 4.10. The van der Waals surface area contributed by atoms with Crippen LogP contribution in [0.2, 0.25) is 0 Å².